The normalized spacial score (nSPS) is 27.0. The van der Waals surface area contributed by atoms with Gasteiger partial charge in [0.2, 0.25) is 0 Å². The van der Waals surface area contributed by atoms with Crippen molar-refractivity contribution in [2.75, 3.05) is 13.3 Å². The highest BCUT2D eigenvalue weighted by Gasteiger charge is 2.48. The number of hydroxylamine groups is 2. The van der Waals surface area contributed by atoms with E-state index in [-0.39, 0.29) is 12.7 Å². The van der Waals surface area contributed by atoms with Crippen molar-refractivity contribution in [3.05, 3.63) is 77.4 Å². The van der Waals surface area contributed by atoms with Crippen LogP contribution in [0, 0.1) is 5.21 Å². The average Bonchev–Trinajstić information content (AvgIpc) is 2.79. The Bertz CT molecular complexity index is 823. The Labute approximate surface area is 146 Å². The predicted molar refractivity (Wildman–Crippen MR) is 95.9 cm³/mol. The fraction of sp³-hybridized carbons (Fsp3) is 0.211. The van der Waals surface area contributed by atoms with Crippen molar-refractivity contribution in [2.45, 2.75) is 13.0 Å². The molecule has 1 amide bonds. The van der Waals surface area contributed by atoms with Crippen molar-refractivity contribution in [2.24, 2.45) is 0 Å². The number of quaternary nitrogens is 1. The molecule has 2 atom stereocenters. The summed E-state index contributed by atoms with van der Waals surface area (Å²) in [5.74, 6) is 0.220. The zero-order valence-electron chi connectivity index (χ0n) is 13.9. The molecule has 2 unspecified atom stereocenters. The lowest BCUT2D eigenvalue weighted by atomic mass is 10.1. The Hall–Kier alpha value is -2.83. The maximum absolute atomic E-state index is 13.4. The predicted octanol–water partition coefficient (Wildman–Crippen LogP) is 2.51. The third kappa shape index (κ3) is 2.47. The minimum Gasteiger partial charge on any atom is -0.618 e. The number of hydrogen-bond acceptors (Lipinski definition) is 5. The third-order valence-corrected chi connectivity index (χ3v) is 4.57. The SMILES string of the molecule is CCOc1ccc([N+]2([O-])CN3C(=CNC4C=CC=CC=C43)C2=O)cc1. The van der Waals surface area contributed by atoms with Crippen molar-refractivity contribution in [1.82, 2.24) is 14.9 Å². The van der Waals surface area contributed by atoms with Crippen molar-refractivity contribution in [3.63, 3.8) is 0 Å². The van der Waals surface area contributed by atoms with E-state index in [0.29, 0.717) is 23.7 Å². The Balaban J connectivity index is 1.69. The molecule has 1 N–H and O–H groups in total. The summed E-state index contributed by atoms with van der Waals surface area (Å²) in [6, 6.07) is 6.75. The maximum Gasteiger partial charge on any atom is 0.370 e. The van der Waals surface area contributed by atoms with E-state index in [0.717, 1.165) is 5.70 Å². The second-order valence-electron chi connectivity index (χ2n) is 6.08. The van der Waals surface area contributed by atoms with Gasteiger partial charge < -0.3 is 15.3 Å². The highest BCUT2D eigenvalue weighted by atomic mass is 16.6. The number of benzene rings is 1. The molecule has 1 aromatic carbocycles. The number of amides is 1. The lowest BCUT2D eigenvalue weighted by Gasteiger charge is -2.35. The molecule has 2 heterocycles. The largest absolute Gasteiger partial charge is 0.618 e. The van der Waals surface area contributed by atoms with Crippen LogP contribution in [0.25, 0.3) is 0 Å². The highest BCUT2D eigenvalue weighted by molar-refractivity contribution is 6.04. The number of ether oxygens (including phenoxy) is 1. The van der Waals surface area contributed by atoms with Gasteiger partial charge in [0.25, 0.3) is 0 Å². The number of fused-ring (bicyclic) bond motifs is 3. The van der Waals surface area contributed by atoms with Crippen LogP contribution >= 0.6 is 0 Å². The van der Waals surface area contributed by atoms with Crippen LogP contribution in [-0.2, 0) is 4.79 Å². The fourth-order valence-electron chi connectivity index (χ4n) is 3.31. The van der Waals surface area contributed by atoms with E-state index in [2.05, 4.69) is 5.32 Å². The Morgan fingerprint density at radius 1 is 1.28 bits per heavy atom. The first-order valence-electron chi connectivity index (χ1n) is 8.29. The summed E-state index contributed by atoms with van der Waals surface area (Å²) in [5.41, 5.74) is 1.70. The first-order chi connectivity index (χ1) is 12.1. The topological polar surface area (TPSA) is 64.6 Å². The lowest BCUT2D eigenvalue weighted by molar-refractivity contribution is -0.122. The molecule has 0 spiro atoms. The van der Waals surface area contributed by atoms with Crippen molar-refractivity contribution >= 4 is 11.6 Å². The molecule has 0 radical (unpaired) electrons. The second-order valence-corrected chi connectivity index (χ2v) is 6.08. The minimum atomic E-state index is -1.03. The van der Waals surface area contributed by atoms with Gasteiger partial charge in [-0.3, -0.25) is 4.90 Å². The average molecular weight is 337 g/mol. The summed E-state index contributed by atoms with van der Waals surface area (Å²) in [6.45, 7) is 2.49. The molecule has 128 valence electrons. The molecule has 4 rings (SSSR count). The van der Waals surface area contributed by atoms with Gasteiger partial charge in [0.15, 0.2) is 12.4 Å². The number of carbonyl (C=O) groups is 1. The molecule has 1 aliphatic carbocycles. The van der Waals surface area contributed by atoms with E-state index in [1.54, 1.807) is 30.5 Å². The summed E-state index contributed by atoms with van der Waals surface area (Å²) in [7, 11) is 0. The summed E-state index contributed by atoms with van der Waals surface area (Å²) < 4.78 is 4.38. The smallest absolute Gasteiger partial charge is 0.370 e. The molecule has 1 fully saturated rings. The van der Waals surface area contributed by atoms with Gasteiger partial charge in [-0.1, -0.05) is 24.3 Å². The van der Waals surface area contributed by atoms with Gasteiger partial charge in [0.1, 0.15) is 11.4 Å². The van der Waals surface area contributed by atoms with Gasteiger partial charge in [-0.15, -0.1) is 0 Å². The van der Waals surface area contributed by atoms with E-state index in [9.17, 15) is 10.0 Å². The Kier molecular flexibility index (Phi) is 3.71. The lowest BCUT2D eigenvalue weighted by Crippen LogP contribution is -2.46. The summed E-state index contributed by atoms with van der Waals surface area (Å²) in [6.07, 6.45) is 11.4. The molecule has 0 saturated carbocycles. The Morgan fingerprint density at radius 2 is 2.08 bits per heavy atom. The third-order valence-electron chi connectivity index (χ3n) is 4.57. The number of carbonyl (C=O) groups excluding carboxylic acids is 1. The molecule has 0 bridgehead atoms. The zero-order chi connectivity index (χ0) is 17.4. The van der Waals surface area contributed by atoms with Crippen LogP contribution in [0.1, 0.15) is 6.92 Å². The van der Waals surface area contributed by atoms with Gasteiger partial charge in [0, 0.05) is 18.3 Å². The number of hydrogen-bond donors (Lipinski definition) is 1. The van der Waals surface area contributed by atoms with Crippen LogP contribution in [0.15, 0.2) is 72.2 Å². The van der Waals surface area contributed by atoms with Crippen molar-refractivity contribution in [1.29, 1.82) is 0 Å². The fourth-order valence-corrected chi connectivity index (χ4v) is 3.31. The van der Waals surface area contributed by atoms with Crippen molar-refractivity contribution in [3.8, 4) is 5.75 Å². The summed E-state index contributed by atoms with van der Waals surface area (Å²) in [5, 5.41) is 16.6. The highest BCUT2D eigenvalue weighted by Crippen LogP contribution is 2.37. The van der Waals surface area contributed by atoms with E-state index < -0.39 is 10.6 Å². The first kappa shape index (κ1) is 15.7. The molecular weight excluding hydrogens is 318 g/mol. The molecule has 6 nitrogen and oxygen atoms in total. The van der Waals surface area contributed by atoms with Gasteiger partial charge in [-0.05, 0) is 25.1 Å². The van der Waals surface area contributed by atoms with Crippen LogP contribution in [0.2, 0.25) is 0 Å². The number of allylic oxidation sites excluding steroid dienone is 4. The van der Waals surface area contributed by atoms with E-state index in [4.69, 9.17) is 4.74 Å². The molecule has 3 aliphatic rings. The Morgan fingerprint density at radius 3 is 2.84 bits per heavy atom. The standard InChI is InChI=1S/C19H19N3O3/c1-2-25-15-10-8-14(9-11-15)22(24)13-21-17-7-5-3-4-6-16(17)20-12-18(21)19(22)23/h3-12,16,20H,2,13H2,1H3. The van der Waals surface area contributed by atoms with Gasteiger partial charge in [-0.2, -0.15) is 0 Å². The number of nitrogens with zero attached hydrogens (tertiary/aromatic N) is 2. The number of nitrogens with one attached hydrogen (secondary N) is 1. The monoisotopic (exact) mass is 337 g/mol. The first-order valence-corrected chi connectivity index (χ1v) is 8.29. The molecular formula is C19H19N3O3. The van der Waals surface area contributed by atoms with E-state index >= 15 is 0 Å². The van der Waals surface area contributed by atoms with E-state index in [1.807, 2.05) is 42.2 Å². The minimum absolute atomic E-state index is 0.0321. The molecule has 2 aliphatic heterocycles. The van der Waals surface area contributed by atoms with Crippen LogP contribution in [0.5, 0.6) is 5.75 Å². The van der Waals surface area contributed by atoms with Gasteiger partial charge in [-0.25, -0.2) is 9.44 Å². The van der Waals surface area contributed by atoms with Gasteiger partial charge >= 0.3 is 5.91 Å². The molecule has 6 heteroatoms. The molecule has 1 aromatic rings. The van der Waals surface area contributed by atoms with Crippen LogP contribution in [0.3, 0.4) is 0 Å². The number of rotatable bonds is 3. The van der Waals surface area contributed by atoms with Gasteiger partial charge in [0.05, 0.1) is 18.3 Å². The van der Waals surface area contributed by atoms with E-state index in [1.165, 1.54) is 0 Å². The quantitative estimate of drug-likeness (QED) is 0.678. The van der Waals surface area contributed by atoms with Crippen molar-refractivity contribution < 1.29 is 9.53 Å². The van der Waals surface area contributed by atoms with Crippen LogP contribution in [-0.4, -0.2) is 30.1 Å². The van der Waals surface area contributed by atoms with Crippen LogP contribution in [0.4, 0.5) is 5.69 Å². The second kappa shape index (κ2) is 5.91. The van der Waals surface area contributed by atoms with Crippen LogP contribution < -0.4 is 14.7 Å². The molecule has 1 saturated heterocycles. The molecule has 25 heavy (non-hydrogen) atoms. The summed E-state index contributed by atoms with van der Waals surface area (Å²) in [4.78, 5) is 14.7. The molecule has 0 aromatic heterocycles. The summed E-state index contributed by atoms with van der Waals surface area (Å²) >= 11 is 0. The zero-order valence-corrected chi connectivity index (χ0v) is 13.9. The maximum atomic E-state index is 13.4.